The molecule has 3 rings (SSSR count). The molecule has 0 bridgehead atoms. The third-order valence-corrected chi connectivity index (χ3v) is 5.42. The van der Waals surface area contributed by atoms with Gasteiger partial charge in [-0.15, -0.1) is 22.7 Å². The number of carbonyl (C=O) groups is 2. The summed E-state index contributed by atoms with van der Waals surface area (Å²) in [6.07, 6.45) is 1.92. The number of amides is 1. The van der Waals surface area contributed by atoms with Crippen molar-refractivity contribution < 1.29 is 14.3 Å². The Morgan fingerprint density at radius 2 is 2.08 bits per heavy atom. The molecule has 10 heteroatoms. The van der Waals surface area contributed by atoms with E-state index in [1.165, 1.54) is 18.4 Å². The molecule has 1 fully saturated rings. The summed E-state index contributed by atoms with van der Waals surface area (Å²) in [5, 5.41) is 8.05. The lowest BCUT2D eigenvalue weighted by atomic mass is 10.3. The van der Waals surface area contributed by atoms with Crippen LogP contribution in [0.4, 0.5) is 10.3 Å². The van der Waals surface area contributed by atoms with Crippen LogP contribution in [0.5, 0.6) is 0 Å². The summed E-state index contributed by atoms with van der Waals surface area (Å²) in [7, 11) is 1.34. The molecule has 0 atom stereocenters. The van der Waals surface area contributed by atoms with Gasteiger partial charge in [-0.2, -0.15) is 0 Å². The van der Waals surface area contributed by atoms with Crippen LogP contribution in [-0.2, 0) is 20.7 Å². The first kappa shape index (κ1) is 17.8. The van der Waals surface area contributed by atoms with Crippen LogP contribution >= 0.6 is 22.7 Å². The second kappa shape index (κ2) is 8.37. The van der Waals surface area contributed by atoms with Gasteiger partial charge in [-0.3, -0.25) is 14.5 Å². The molecule has 1 N–H and O–H groups in total. The third kappa shape index (κ3) is 4.97. The first-order chi connectivity index (χ1) is 12.1. The number of anilines is 2. The summed E-state index contributed by atoms with van der Waals surface area (Å²) in [6, 6.07) is 0. The number of piperazine rings is 1. The lowest BCUT2D eigenvalue weighted by Crippen LogP contribution is -2.48. The number of ether oxygens (including phenoxy) is 1. The number of esters is 1. The smallest absolute Gasteiger partial charge is 0.311 e. The van der Waals surface area contributed by atoms with Gasteiger partial charge in [0.25, 0.3) is 0 Å². The summed E-state index contributed by atoms with van der Waals surface area (Å²) in [5.74, 6) is -0.442. The van der Waals surface area contributed by atoms with Gasteiger partial charge in [-0.05, 0) is 0 Å². The van der Waals surface area contributed by atoms with Crippen LogP contribution in [-0.4, -0.2) is 66.6 Å². The van der Waals surface area contributed by atoms with Crippen molar-refractivity contribution in [2.45, 2.75) is 6.42 Å². The van der Waals surface area contributed by atoms with Crippen LogP contribution in [0.3, 0.4) is 0 Å². The van der Waals surface area contributed by atoms with Gasteiger partial charge in [-0.25, -0.2) is 9.97 Å². The summed E-state index contributed by atoms with van der Waals surface area (Å²) in [5.41, 5.74) is 0.601. The van der Waals surface area contributed by atoms with Gasteiger partial charge in [-0.1, -0.05) is 0 Å². The first-order valence-corrected chi connectivity index (χ1v) is 9.58. The minimum absolute atomic E-state index is 0.0957. The van der Waals surface area contributed by atoms with E-state index in [4.69, 9.17) is 0 Å². The Labute approximate surface area is 153 Å². The maximum absolute atomic E-state index is 12.2. The molecule has 1 saturated heterocycles. The number of hydrogen-bond acceptors (Lipinski definition) is 9. The van der Waals surface area contributed by atoms with Crippen molar-refractivity contribution in [3.63, 3.8) is 0 Å². The summed E-state index contributed by atoms with van der Waals surface area (Å²) in [4.78, 5) is 36.3. The predicted octanol–water partition coefficient (Wildman–Crippen LogP) is 1.08. The second-order valence-corrected chi connectivity index (χ2v) is 7.25. The highest BCUT2D eigenvalue weighted by Gasteiger charge is 2.20. The van der Waals surface area contributed by atoms with Crippen molar-refractivity contribution in [3.05, 3.63) is 22.7 Å². The van der Waals surface area contributed by atoms with Gasteiger partial charge in [0.1, 0.15) is 0 Å². The fourth-order valence-electron chi connectivity index (χ4n) is 2.50. The van der Waals surface area contributed by atoms with E-state index in [1.807, 2.05) is 11.6 Å². The molecule has 0 spiro atoms. The van der Waals surface area contributed by atoms with E-state index in [1.54, 1.807) is 16.7 Å². The van der Waals surface area contributed by atoms with Crippen LogP contribution in [0.25, 0.3) is 0 Å². The summed E-state index contributed by atoms with van der Waals surface area (Å²) < 4.78 is 4.60. The Morgan fingerprint density at radius 3 is 2.76 bits per heavy atom. The van der Waals surface area contributed by atoms with E-state index >= 15 is 0 Å². The van der Waals surface area contributed by atoms with Crippen LogP contribution in [0.1, 0.15) is 5.69 Å². The second-order valence-electron chi connectivity index (χ2n) is 5.52. The van der Waals surface area contributed by atoms with Crippen molar-refractivity contribution in [2.24, 2.45) is 0 Å². The highest BCUT2D eigenvalue weighted by atomic mass is 32.1. The number of rotatable bonds is 6. The number of thiazole rings is 2. The molecule has 1 aliphatic rings. The molecule has 3 heterocycles. The SMILES string of the molecule is COC(=O)Cc1csc(NC(=O)CN2CCN(c3nccs3)CC2)n1. The molecule has 0 saturated carbocycles. The topological polar surface area (TPSA) is 87.7 Å². The average Bonchev–Trinajstić information content (AvgIpc) is 3.27. The van der Waals surface area contributed by atoms with E-state index in [0.29, 0.717) is 17.4 Å². The highest BCUT2D eigenvalue weighted by molar-refractivity contribution is 7.14. The van der Waals surface area contributed by atoms with Crippen molar-refractivity contribution >= 4 is 44.8 Å². The van der Waals surface area contributed by atoms with Gasteiger partial charge in [0.15, 0.2) is 10.3 Å². The van der Waals surface area contributed by atoms with Crippen molar-refractivity contribution in [3.8, 4) is 0 Å². The Bertz CT molecular complexity index is 711. The number of methoxy groups -OCH3 is 1. The lowest BCUT2D eigenvalue weighted by Gasteiger charge is -2.33. The van der Waals surface area contributed by atoms with Crippen LogP contribution in [0, 0.1) is 0 Å². The van der Waals surface area contributed by atoms with Gasteiger partial charge in [0.05, 0.1) is 25.8 Å². The lowest BCUT2D eigenvalue weighted by molar-refractivity contribution is -0.139. The number of aromatic nitrogens is 2. The van der Waals surface area contributed by atoms with Crippen molar-refractivity contribution in [1.29, 1.82) is 0 Å². The minimum atomic E-state index is -0.346. The zero-order valence-corrected chi connectivity index (χ0v) is 15.4. The molecule has 2 aromatic rings. The fraction of sp³-hybridized carbons (Fsp3) is 0.467. The van der Waals surface area contributed by atoms with Gasteiger partial charge in [0.2, 0.25) is 5.91 Å². The fourth-order valence-corrected chi connectivity index (χ4v) is 3.92. The molecule has 2 aromatic heterocycles. The van der Waals surface area contributed by atoms with Crippen LogP contribution in [0.2, 0.25) is 0 Å². The molecule has 1 amide bonds. The largest absolute Gasteiger partial charge is 0.469 e. The Morgan fingerprint density at radius 1 is 1.28 bits per heavy atom. The molecule has 0 aliphatic carbocycles. The van der Waals surface area contributed by atoms with Crippen molar-refractivity contribution in [2.75, 3.05) is 50.1 Å². The van der Waals surface area contributed by atoms with Gasteiger partial charge < -0.3 is 15.0 Å². The highest BCUT2D eigenvalue weighted by Crippen LogP contribution is 2.19. The zero-order chi connectivity index (χ0) is 17.6. The predicted molar refractivity (Wildman–Crippen MR) is 97.2 cm³/mol. The normalized spacial score (nSPS) is 15.2. The van der Waals surface area contributed by atoms with E-state index in [2.05, 4.69) is 29.8 Å². The van der Waals surface area contributed by atoms with E-state index in [0.717, 1.165) is 31.3 Å². The maximum Gasteiger partial charge on any atom is 0.311 e. The first-order valence-electron chi connectivity index (χ1n) is 7.82. The molecule has 0 unspecified atom stereocenters. The van der Waals surface area contributed by atoms with E-state index in [9.17, 15) is 9.59 Å². The third-order valence-electron chi connectivity index (χ3n) is 3.78. The van der Waals surface area contributed by atoms with E-state index < -0.39 is 0 Å². The molecule has 134 valence electrons. The number of hydrogen-bond donors (Lipinski definition) is 1. The minimum Gasteiger partial charge on any atom is -0.469 e. The Kier molecular flexibility index (Phi) is 5.95. The summed E-state index contributed by atoms with van der Waals surface area (Å²) in [6.45, 7) is 3.69. The molecular formula is C15H19N5O3S2. The van der Waals surface area contributed by atoms with Gasteiger partial charge >= 0.3 is 5.97 Å². The van der Waals surface area contributed by atoms with Gasteiger partial charge in [0, 0.05) is 43.1 Å². The Hall–Kier alpha value is -2.04. The summed E-state index contributed by atoms with van der Waals surface area (Å²) >= 11 is 2.94. The molecular weight excluding hydrogens is 362 g/mol. The molecule has 0 aromatic carbocycles. The quantitative estimate of drug-likeness (QED) is 0.749. The van der Waals surface area contributed by atoms with Crippen LogP contribution < -0.4 is 10.2 Å². The van der Waals surface area contributed by atoms with Crippen LogP contribution in [0.15, 0.2) is 17.0 Å². The maximum atomic E-state index is 12.2. The average molecular weight is 381 g/mol. The zero-order valence-electron chi connectivity index (χ0n) is 13.8. The number of nitrogens with zero attached hydrogens (tertiary/aromatic N) is 4. The Balaban J connectivity index is 1.43. The standard InChI is InChI=1S/C15H19N5O3S2/c1-23-13(22)8-11-10-25-14(17-11)18-12(21)9-19-3-5-20(6-4-19)15-16-2-7-24-15/h2,7,10H,3-6,8-9H2,1H3,(H,17,18,21). The monoisotopic (exact) mass is 381 g/mol. The van der Waals surface area contributed by atoms with E-state index in [-0.39, 0.29) is 18.3 Å². The molecule has 0 radical (unpaired) electrons. The molecule has 25 heavy (non-hydrogen) atoms. The molecule has 8 nitrogen and oxygen atoms in total. The molecule has 1 aliphatic heterocycles. The number of carbonyl (C=O) groups excluding carboxylic acids is 2. The number of nitrogens with one attached hydrogen (secondary N) is 1. The van der Waals surface area contributed by atoms with Crippen molar-refractivity contribution in [1.82, 2.24) is 14.9 Å².